The van der Waals surface area contributed by atoms with Crippen LogP contribution in [0.1, 0.15) is 41.0 Å². The van der Waals surface area contributed by atoms with E-state index in [0.717, 1.165) is 11.2 Å². The number of allylic oxidation sites excluding steroid dienone is 4. The normalized spacial score (nSPS) is 23.1. The Bertz CT molecular complexity index is 533. The van der Waals surface area contributed by atoms with Crippen molar-refractivity contribution in [3.8, 4) is 11.8 Å². The molecule has 106 valence electrons. The van der Waals surface area contributed by atoms with Crippen LogP contribution in [0.4, 0.5) is 0 Å². The topological polar surface area (TPSA) is 47.6 Å². The van der Waals surface area contributed by atoms with Crippen LogP contribution < -0.4 is 5.32 Å². The van der Waals surface area contributed by atoms with E-state index in [2.05, 4.69) is 17.2 Å². The maximum absolute atomic E-state index is 11.1. The fourth-order valence-corrected chi connectivity index (χ4v) is 1.95. The molecule has 1 aliphatic carbocycles. The fourth-order valence-electron chi connectivity index (χ4n) is 1.95. The number of hydrogen-bond acceptors (Lipinski definition) is 3. The summed E-state index contributed by atoms with van der Waals surface area (Å²) in [7, 11) is -0.458. The number of nitrogens with one attached hydrogen (secondary N) is 1. The van der Waals surface area contributed by atoms with Gasteiger partial charge in [-0.15, -0.1) is 0 Å². The average Bonchev–Trinajstić information content (AvgIpc) is 2.48. The van der Waals surface area contributed by atoms with E-state index in [4.69, 9.17) is 9.31 Å². The molecule has 0 saturated carbocycles. The minimum absolute atomic E-state index is 0.0921. The Kier molecular flexibility index (Phi) is 3.81. The number of hydrogen-bond donors (Lipinski definition) is 1. The summed E-state index contributed by atoms with van der Waals surface area (Å²) in [6, 6.07) is 0. The molecule has 1 amide bonds. The zero-order valence-corrected chi connectivity index (χ0v) is 12.7. The highest BCUT2D eigenvalue weighted by Crippen LogP contribution is 2.38. The molecule has 5 heteroatoms. The Morgan fingerprint density at radius 3 is 2.40 bits per heavy atom. The summed E-state index contributed by atoms with van der Waals surface area (Å²) >= 11 is 0. The van der Waals surface area contributed by atoms with Gasteiger partial charge in [0.1, 0.15) is 0 Å². The molecule has 0 aromatic rings. The quantitative estimate of drug-likeness (QED) is 0.618. The predicted octanol–water partition coefficient (Wildman–Crippen LogP) is 1.97. The molecule has 4 nitrogen and oxygen atoms in total. The van der Waals surface area contributed by atoms with Gasteiger partial charge in [0.2, 0.25) is 5.91 Å². The second kappa shape index (κ2) is 5.12. The van der Waals surface area contributed by atoms with Gasteiger partial charge in [0.25, 0.3) is 0 Å². The van der Waals surface area contributed by atoms with Gasteiger partial charge in [0.05, 0.1) is 11.2 Å². The van der Waals surface area contributed by atoms with Gasteiger partial charge in [-0.05, 0) is 33.8 Å². The summed E-state index contributed by atoms with van der Waals surface area (Å²) in [6.07, 6.45) is 4.21. The maximum Gasteiger partial charge on any atom is 0.503 e. The summed E-state index contributed by atoms with van der Waals surface area (Å²) in [5.41, 5.74) is 0.813. The predicted molar refractivity (Wildman–Crippen MR) is 78.5 cm³/mol. The van der Waals surface area contributed by atoms with E-state index in [1.54, 1.807) is 0 Å². The first-order valence-electron chi connectivity index (χ1n) is 6.74. The van der Waals surface area contributed by atoms with Gasteiger partial charge in [-0.2, -0.15) is 0 Å². The van der Waals surface area contributed by atoms with Crippen molar-refractivity contribution in [1.82, 2.24) is 5.32 Å². The molecule has 2 rings (SSSR count). The first-order valence-corrected chi connectivity index (χ1v) is 6.74. The Morgan fingerprint density at radius 1 is 1.25 bits per heavy atom. The second-order valence-electron chi connectivity index (χ2n) is 6.06. The second-order valence-corrected chi connectivity index (χ2v) is 6.06. The van der Waals surface area contributed by atoms with Crippen molar-refractivity contribution in [3.63, 3.8) is 0 Å². The lowest BCUT2D eigenvalue weighted by Crippen LogP contribution is -2.41. The van der Waals surface area contributed by atoms with E-state index in [1.165, 1.54) is 6.92 Å². The van der Waals surface area contributed by atoms with Gasteiger partial charge < -0.3 is 14.6 Å². The molecule has 1 aliphatic heterocycles. The van der Waals surface area contributed by atoms with Crippen molar-refractivity contribution in [1.29, 1.82) is 0 Å². The maximum atomic E-state index is 11.1. The van der Waals surface area contributed by atoms with Crippen molar-refractivity contribution >= 4 is 13.0 Å². The lowest BCUT2D eigenvalue weighted by atomic mass is 9.78. The molecule has 1 heterocycles. The van der Waals surface area contributed by atoms with Crippen LogP contribution in [-0.4, -0.2) is 24.2 Å². The van der Waals surface area contributed by atoms with Crippen LogP contribution in [0.15, 0.2) is 23.3 Å². The summed E-state index contributed by atoms with van der Waals surface area (Å²) in [5, 5.41) is 2.76. The van der Waals surface area contributed by atoms with Crippen LogP contribution in [-0.2, 0) is 14.1 Å². The Morgan fingerprint density at radius 2 is 1.85 bits per heavy atom. The van der Waals surface area contributed by atoms with Gasteiger partial charge in [-0.1, -0.05) is 17.9 Å². The van der Waals surface area contributed by atoms with Crippen LogP contribution in [0, 0.1) is 11.8 Å². The summed E-state index contributed by atoms with van der Waals surface area (Å²) in [4.78, 5) is 11.1. The smallest absolute Gasteiger partial charge is 0.399 e. The third-order valence-corrected chi connectivity index (χ3v) is 3.82. The van der Waals surface area contributed by atoms with Gasteiger partial charge in [0.15, 0.2) is 0 Å². The highest BCUT2D eigenvalue weighted by molar-refractivity contribution is 6.56. The molecule has 1 N–H and O–H groups in total. The lowest BCUT2D eigenvalue weighted by Gasteiger charge is -2.32. The van der Waals surface area contributed by atoms with Crippen molar-refractivity contribution in [2.24, 2.45) is 0 Å². The van der Waals surface area contributed by atoms with E-state index >= 15 is 0 Å². The zero-order chi connectivity index (χ0) is 15.0. The van der Waals surface area contributed by atoms with Crippen molar-refractivity contribution < 1.29 is 14.1 Å². The Balaban J connectivity index is 2.18. The molecule has 0 spiro atoms. The van der Waals surface area contributed by atoms with Crippen LogP contribution in [0.2, 0.25) is 0 Å². The average molecular weight is 273 g/mol. The number of rotatable bonds is 2. The number of amides is 1. The molecule has 2 aliphatic rings. The molecule has 1 saturated heterocycles. The van der Waals surface area contributed by atoms with Crippen molar-refractivity contribution in [3.05, 3.63) is 23.3 Å². The standard InChI is InChI=1S/C15H20BNO3/c1-11(18)17-13-8-6-7-12(9-10-13)16-19-14(2,3)15(4,5)20-16/h9-10H,8H2,1-5H3,(H,17,18). The molecular weight excluding hydrogens is 253 g/mol. The van der Waals surface area contributed by atoms with E-state index in [-0.39, 0.29) is 17.1 Å². The molecule has 0 radical (unpaired) electrons. The van der Waals surface area contributed by atoms with E-state index in [9.17, 15) is 4.79 Å². The minimum atomic E-state index is -0.458. The molecule has 20 heavy (non-hydrogen) atoms. The highest BCUT2D eigenvalue weighted by atomic mass is 16.7. The summed E-state index contributed by atoms with van der Waals surface area (Å²) in [5.74, 6) is 5.99. The molecule has 0 aromatic carbocycles. The highest BCUT2D eigenvalue weighted by Gasteiger charge is 2.52. The third kappa shape index (κ3) is 2.97. The molecular formula is C15H20BNO3. The van der Waals surface area contributed by atoms with Crippen LogP contribution in [0.3, 0.4) is 0 Å². The molecule has 0 unspecified atom stereocenters. The minimum Gasteiger partial charge on any atom is -0.399 e. The third-order valence-electron chi connectivity index (χ3n) is 3.82. The number of carbonyl (C=O) groups is 1. The van der Waals surface area contributed by atoms with Crippen LogP contribution in [0.25, 0.3) is 0 Å². The summed E-state index contributed by atoms with van der Waals surface area (Å²) < 4.78 is 11.9. The van der Waals surface area contributed by atoms with Gasteiger partial charge >= 0.3 is 7.12 Å². The Labute approximate surface area is 120 Å². The first kappa shape index (κ1) is 14.9. The van der Waals surface area contributed by atoms with E-state index in [0.29, 0.717) is 6.42 Å². The monoisotopic (exact) mass is 273 g/mol. The Hall–Kier alpha value is -1.51. The SMILES string of the molecule is CC(=O)NC1=CC=C(B2OC(C)(C)C(C)(C)O2)C#CC1. The van der Waals surface area contributed by atoms with Crippen LogP contribution >= 0.6 is 0 Å². The zero-order valence-electron chi connectivity index (χ0n) is 12.7. The largest absolute Gasteiger partial charge is 0.503 e. The number of carbonyl (C=O) groups excluding carboxylic acids is 1. The lowest BCUT2D eigenvalue weighted by molar-refractivity contribution is -0.118. The molecule has 1 fully saturated rings. The van der Waals surface area contributed by atoms with E-state index < -0.39 is 7.12 Å². The first-order chi connectivity index (χ1) is 9.21. The van der Waals surface area contributed by atoms with E-state index in [1.807, 2.05) is 39.8 Å². The summed E-state index contributed by atoms with van der Waals surface area (Å²) in [6.45, 7) is 9.52. The molecule has 0 atom stereocenters. The van der Waals surface area contributed by atoms with Crippen LogP contribution in [0.5, 0.6) is 0 Å². The fraction of sp³-hybridized carbons (Fsp3) is 0.533. The van der Waals surface area contributed by atoms with Crippen molar-refractivity contribution in [2.45, 2.75) is 52.2 Å². The molecule has 0 bridgehead atoms. The van der Waals surface area contributed by atoms with Gasteiger partial charge in [-0.3, -0.25) is 4.79 Å². The van der Waals surface area contributed by atoms with Crippen molar-refractivity contribution in [2.75, 3.05) is 0 Å². The van der Waals surface area contributed by atoms with Gasteiger partial charge in [0, 0.05) is 24.5 Å². The molecule has 0 aromatic heterocycles. The van der Waals surface area contributed by atoms with Gasteiger partial charge in [-0.25, -0.2) is 0 Å².